The van der Waals surface area contributed by atoms with E-state index in [1.807, 2.05) is 24.4 Å². The van der Waals surface area contributed by atoms with Crippen LogP contribution < -0.4 is 5.32 Å². The van der Waals surface area contributed by atoms with Crippen molar-refractivity contribution < 1.29 is 0 Å². The Balaban J connectivity index is 2.00. The normalized spacial score (nSPS) is 10.6. The van der Waals surface area contributed by atoms with Gasteiger partial charge in [0.1, 0.15) is 0 Å². The Hall–Kier alpha value is -1.75. The first-order valence-electron chi connectivity index (χ1n) is 5.43. The summed E-state index contributed by atoms with van der Waals surface area (Å²) in [6, 6.07) is 5.74. The Morgan fingerprint density at radius 2 is 2.25 bits per heavy atom. The number of hydrogen-bond acceptors (Lipinski definition) is 4. The zero-order valence-corrected chi connectivity index (χ0v) is 9.30. The van der Waals surface area contributed by atoms with Gasteiger partial charge in [-0.2, -0.15) is 10.2 Å². The molecule has 0 aliphatic rings. The number of hydrogen-bond donors (Lipinski definition) is 1. The van der Waals surface area contributed by atoms with Crippen LogP contribution in [0.2, 0.25) is 0 Å². The molecule has 84 valence electrons. The second-order valence-electron chi connectivity index (χ2n) is 3.51. The van der Waals surface area contributed by atoms with Crippen molar-refractivity contribution in [3.8, 4) is 5.82 Å². The minimum Gasteiger partial charge on any atom is -0.311 e. The molecule has 0 atom stereocenters. The minimum absolute atomic E-state index is 0.740. The predicted octanol–water partition coefficient (Wildman–Crippen LogP) is 1.16. The van der Waals surface area contributed by atoms with Gasteiger partial charge in [0.15, 0.2) is 5.82 Å². The maximum Gasteiger partial charge on any atom is 0.175 e. The van der Waals surface area contributed by atoms with Crippen molar-refractivity contribution in [1.29, 1.82) is 0 Å². The lowest BCUT2D eigenvalue weighted by atomic mass is 10.3. The monoisotopic (exact) mass is 217 g/mol. The number of nitrogens with one attached hydrogen (secondary N) is 1. The van der Waals surface area contributed by atoms with E-state index in [1.165, 1.54) is 0 Å². The molecule has 0 fully saturated rings. The smallest absolute Gasteiger partial charge is 0.175 e. The summed E-state index contributed by atoms with van der Waals surface area (Å²) in [7, 11) is 0. The van der Waals surface area contributed by atoms with Gasteiger partial charge in [0.2, 0.25) is 0 Å². The SMILES string of the molecule is CCCNCc1ccc(-n2cccn2)nn1. The summed E-state index contributed by atoms with van der Waals surface area (Å²) < 4.78 is 1.69. The topological polar surface area (TPSA) is 55.6 Å². The minimum atomic E-state index is 0.740. The summed E-state index contributed by atoms with van der Waals surface area (Å²) in [6.07, 6.45) is 4.69. The molecule has 0 bridgehead atoms. The van der Waals surface area contributed by atoms with Crippen LogP contribution in [-0.2, 0) is 6.54 Å². The van der Waals surface area contributed by atoms with Crippen LogP contribution in [0.5, 0.6) is 0 Å². The predicted molar refractivity (Wildman–Crippen MR) is 61.2 cm³/mol. The molecule has 0 aliphatic heterocycles. The van der Waals surface area contributed by atoms with Crippen LogP contribution in [-0.4, -0.2) is 26.5 Å². The number of aromatic nitrogens is 4. The first-order chi connectivity index (χ1) is 7.90. The van der Waals surface area contributed by atoms with Gasteiger partial charge in [-0.1, -0.05) is 6.92 Å². The lowest BCUT2D eigenvalue weighted by Crippen LogP contribution is -2.15. The quantitative estimate of drug-likeness (QED) is 0.764. The number of rotatable bonds is 5. The van der Waals surface area contributed by atoms with Gasteiger partial charge >= 0.3 is 0 Å². The van der Waals surface area contributed by atoms with Crippen molar-refractivity contribution in [2.24, 2.45) is 0 Å². The van der Waals surface area contributed by atoms with Gasteiger partial charge in [-0.05, 0) is 31.2 Å². The molecule has 0 aliphatic carbocycles. The van der Waals surface area contributed by atoms with Gasteiger partial charge in [-0.25, -0.2) is 4.68 Å². The van der Waals surface area contributed by atoms with Gasteiger partial charge in [0.25, 0.3) is 0 Å². The summed E-state index contributed by atoms with van der Waals surface area (Å²) in [5.74, 6) is 0.740. The van der Waals surface area contributed by atoms with E-state index in [2.05, 4.69) is 27.5 Å². The number of nitrogens with zero attached hydrogens (tertiary/aromatic N) is 4. The average Bonchev–Trinajstić information content (AvgIpc) is 2.84. The second-order valence-corrected chi connectivity index (χ2v) is 3.51. The molecule has 0 radical (unpaired) electrons. The van der Waals surface area contributed by atoms with E-state index >= 15 is 0 Å². The van der Waals surface area contributed by atoms with Crippen molar-refractivity contribution in [1.82, 2.24) is 25.3 Å². The molecule has 2 rings (SSSR count). The summed E-state index contributed by atoms with van der Waals surface area (Å²) in [5, 5.41) is 15.6. The standard InChI is InChI=1S/C11H15N5/c1-2-6-12-9-10-4-5-11(15-14-10)16-8-3-7-13-16/h3-5,7-8,12H,2,6,9H2,1H3. The van der Waals surface area contributed by atoms with Crippen LogP contribution in [0.1, 0.15) is 19.0 Å². The average molecular weight is 217 g/mol. The van der Waals surface area contributed by atoms with Gasteiger partial charge < -0.3 is 5.32 Å². The third-order valence-corrected chi connectivity index (χ3v) is 2.18. The molecule has 1 N–H and O–H groups in total. The van der Waals surface area contributed by atoms with E-state index in [4.69, 9.17) is 0 Å². The molecule has 16 heavy (non-hydrogen) atoms. The lowest BCUT2D eigenvalue weighted by molar-refractivity contribution is 0.653. The Bertz CT molecular complexity index is 406. The molecule has 0 aromatic carbocycles. The van der Waals surface area contributed by atoms with E-state index in [0.717, 1.165) is 31.0 Å². The fourth-order valence-corrected chi connectivity index (χ4v) is 1.37. The Labute approximate surface area is 94.5 Å². The fourth-order valence-electron chi connectivity index (χ4n) is 1.37. The zero-order valence-electron chi connectivity index (χ0n) is 9.30. The van der Waals surface area contributed by atoms with E-state index < -0.39 is 0 Å². The van der Waals surface area contributed by atoms with Crippen molar-refractivity contribution in [3.63, 3.8) is 0 Å². The van der Waals surface area contributed by atoms with Crippen LogP contribution in [0.3, 0.4) is 0 Å². The summed E-state index contributed by atoms with van der Waals surface area (Å²) in [5.41, 5.74) is 0.948. The Morgan fingerprint density at radius 1 is 1.31 bits per heavy atom. The zero-order chi connectivity index (χ0) is 11.2. The van der Waals surface area contributed by atoms with Crippen LogP contribution in [0.25, 0.3) is 5.82 Å². The molecule has 0 spiro atoms. The summed E-state index contributed by atoms with van der Waals surface area (Å²) in [6.45, 7) is 3.91. The highest BCUT2D eigenvalue weighted by atomic mass is 15.3. The van der Waals surface area contributed by atoms with E-state index in [0.29, 0.717) is 0 Å². The van der Waals surface area contributed by atoms with Crippen molar-refractivity contribution in [3.05, 3.63) is 36.3 Å². The second kappa shape index (κ2) is 5.37. The fraction of sp³-hybridized carbons (Fsp3) is 0.364. The highest BCUT2D eigenvalue weighted by molar-refractivity contribution is 5.20. The highest BCUT2D eigenvalue weighted by Gasteiger charge is 1.99. The largest absolute Gasteiger partial charge is 0.311 e. The molecular formula is C11H15N5. The van der Waals surface area contributed by atoms with Gasteiger partial charge in [0, 0.05) is 18.9 Å². The van der Waals surface area contributed by atoms with Gasteiger partial charge in [-0.3, -0.25) is 0 Å². The first-order valence-corrected chi connectivity index (χ1v) is 5.43. The van der Waals surface area contributed by atoms with Crippen molar-refractivity contribution in [2.75, 3.05) is 6.54 Å². The summed E-state index contributed by atoms with van der Waals surface area (Å²) in [4.78, 5) is 0. The molecule has 0 unspecified atom stereocenters. The molecular weight excluding hydrogens is 202 g/mol. The summed E-state index contributed by atoms with van der Waals surface area (Å²) >= 11 is 0. The first kappa shape index (κ1) is 10.8. The van der Waals surface area contributed by atoms with Crippen molar-refractivity contribution in [2.45, 2.75) is 19.9 Å². The third-order valence-electron chi connectivity index (χ3n) is 2.18. The molecule has 5 nitrogen and oxygen atoms in total. The molecule has 0 amide bonds. The van der Waals surface area contributed by atoms with Crippen LogP contribution in [0.4, 0.5) is 0 Å². The Morgan fingerprint density at radius 3 is 2.88 bits per heavy atom. The van der Waals surface area contributed by atoms with Crippen LogP contribution >= 0.6 is 0 Å². The molecule has 5 heteroatoms. The van der Waals surface area contributed by atoms with E-state index in [1.54, 1.807) is 10.9 Å². The van der Waals surface area contributed by atoms with E-state index in [9.17, 15) is 0 Å². The lowest BCUT2D eigenvalue weighted by Gasteiger charge is -2.03. The van der Waals surface area contributed by atoms with Crippen molar-refractivity contribution >= 4 is 0 Å². The molecule has 2 aromatic heterocycles. The van der Waals surface area contributed by atoms with Gasteiger partial charge in [0.05, 0.1) is 5.69 Å². The van der Waals surface area contributed by atoms with Gasteiger partial charge in [-0.15, -0.1) is 5.10 Å². The third kappa shape index (κ3) is 2.64. The molecule has 0 saturated heterocycles. The molecule has 2 aromatic rings. The van der Waals surface area contributed by atoms with Crippen LogP contribution in [0.15, 0.2) is 30.6 Å². The molecule has 0 saturated carbocycles. The van der Waals surface area contributed by atoms with Crippen LogP contribution in [0, 0.1) is 0 Å². The maximum absolute atomic E-state index is 4.13. The maximum atomic E-state index is 4.13. The highest BCUT2D eigenvalue weighted by Crippen LogP contribution is 2.01. The van der Waals surface area contributed by atoms with E-state index in [-0.39, 0.29) is 0 Å². The molecule has 2 heterocycles. The Kier molecular flexibility index (Phi) is 3.61.